The van der Waals surface area contributed by atoms with Gasteiger partial charge in [-0.15, -0.1) is 6.58 Å². The van der Waals surface area contributed by atoms with Gasteiger partial charge in [0.15, 0.2) is 16.6 Å². The van der Waals surface area contributed by atoms with E-state index in [1.807, 2.05) is 6.92 Å². The van der Waals surface area contributed by atoms with Crippen LogP contribution < -0.4 is 14.2 Å². The molecule has 2 aromatic carbocycles. The maximum absolute atomic E-state index is 12.7. The molecule has 1 saturated heterocycles. The first-order chi connectivity index (χ1) is 15.2. The normalized spacial score (nSPS) is 15.5. The maximum atomic E-state index is 12.7. The predicted molar refractivity (Wildman–Crippen MR) is 123 cm³/mol. The third kappa shape index (κ3) is 4.87. The van der Waals surface area contributed by atoms with Gasteiger partial charge in [-0.05, 0) is 55.0 Å². The topological polar surface area (TPSA) is 102 Å². The standard InChI is InChI=1S/C22H20N2O6S2/c1-4-11-24-21(26)17(20(25)23-22(24)31)12-15-7-10-18(19(13-15)29-3)30-32(27,28)16-8-5-14(2)6-9-16/h4-10,12-13H,1,11H2,2-3H3,(H,23,25,31). The summed E-state index contributed by atoms with van der Waals surface area (Å²) in [6.07, 6.45) is 2.85. The third-order valence-corrected chi connectivity index (χ3v) is 6.08. The largest absolute Gasteiger partial charge is 0.493 e. The van der Waals surface area contributed by atoms with Crippen LogP contribution in [0.25, 0.3) is 6.08 Å². The molecule has 1 fully saturated rings. The molecule has 1 heterocycles. The van der Waals surface area contributed by atoms with Gasteiger partial charge in [-0.1, -0.05) is 29.8 Å². The summed E-state index contributed by atoms with van der Waals surface area (Å²) in [5.74, 6) is -1.14. The van der Waals surface area contributed by atoms with Crippen LogP contribution in [0.2, 0.25) is 0 Å². The third-order valence-electron chi connectivity index (χ3n) is 4.51. The van der Waals surface area contributed by atoms with Crippen molar-refractivity contribution in [2.24, 2.45) is 0 Å². The molecule has 0 aliphatic carbocycles. The van der Waals surface area contributed by atoms with Crippen molar-refractivity contribution in [3.63, 3.8) is 0 Å². The number of ether oxygens (including phenoxy) is 1. The van der Waals surface area contributed by atoms with Gasteiger partial charge in [-0.2, -0.15) is 8.42 Å². The van der Waals surface area contributed by atoms with Crippen molar-refractivity contribution in [3.05, 3.63) is 71.8 Å². The van der Waals surface area contributed by atoms with E-state index in [1.54, 1.807) is 12.1 Å². The highest BCUT2D eigenvalue weighted by Gasteiger charge is 2.32. The Bertz CT molecular complexity index is 1230. The summed E-state index contributed by atoms with van der Waals surface area (Å²) < 4.78 is 35.7. The SMILES string of the molecule is C=CCN1C(=O)C(=Cc2ccc(OS(=O)(=O)c3ccc(C)cc3)c(OC)c2)C(=O)NC1=S. The van der Waals surface area contributed by atoms with Gasteiger partial charge < -0.3 is 8.92 Å². The fourth-order valence-electron chi connectivity index (χ4n) is 2.87. The van der Waals surface area contributed by atoms with Crippen LogP contribution in [0.4, 0.5) is 0 Å². The molecule has 0 spiro atoms. The van der Waals surface area contributed by atoms with Crippen molar-refractivity contribution in [1.82, 2.24) is 10.2 Å². The van der Waals surface area contributed by atoms with E-state index in [9.17, 15) is 18.0 Å². The van der Waals surface area contributed by atoms with Crippen LogP contribution in [0.15, 0.2) is 65.6 Å². The van der Waals surface area contributed by atoms with E-state index in [0.29, 0.717) is 5.56 Å². The van der Waals surface area contributed by atoms with Crippen molar-refractivity contribution in [3.8, 4) is 11.5 Å². The summed E-state index contributed by atoms with van der Waals surface area (Å²) in [6, 6.07) is 10.6. The molecule has 1 aliphatic rings. The number of nitrogens with zero attached hydrogens (tertiary/aromatic N) is 1. The van der Waals surface area contributed by atoms with Gasteiger partial charge in [0.1, 0.15) is 10.5 Å². The summed E-state index contributed by atoms with van der Waals surface area (Å²) in [7, 11) is -2.74. The van der Waals surface area contributed by atoms with Gasteiger partial charge in [0.25, 0.3) is 11.8 Å². The number of carbonyl (C=O) groups excluding carboxylic acids is 2. The summed E-state index contributed by atoms with van der Waals surface area (Å²) in [5.41, 5.74) is 1.20. The lowest BCUT2D eigenvalue weighted by atomic mass is 10.1. The fraction of sp³-hybridized carbons (Fsp3) is 0.136. The predicted octanol–water partition coefficient (Wildman–Crippen LogP) is 2.58. The van der Waals surface area contributed by atoms with Gasteiger partial charge in [0, 0.05) is 6.54 Å². The van der Waals surface area contributed by atoms with Crippen LogP contribution in [0.1, 0.15) is 11.1 Å². The molecule has 8 nitrogen and oxygen atoms in total. The highest BCUT2D eigenvalue weighted by molar-refractivity contribution is 7.87. The van der Waals surface area contributed by atoms with Gasteiger partial charge in [0.05, 0.1) is 7.11 Å². The van der Waals surface area contributed by atoms with Gasteiger partial charge in [0.2, 0.25) is 0 Å². The quantitative estimate of drug-likeness (QED) is 0.217. The number of carbonyl (C=O) groups is 2. The van der Waals surface area contributed by atoms with Crippen LogP contribution in [0, 0.1) is 6.92 Å². The van der Waals surface area contributed by atoms with Crippen molar-refractivity contribution >= 4 is 45.3 Å². The maximum Gasteiger partial charge on any atom is 0.339 e. The zero-order valence-corrected chi connectivity index (χ0v) is 19.0. The minimum Gasteiger partial charge on any atom is -0.493 e. The van der Waals surface area contributed by atoms with Crippen molar-refractivity contribution in [1.29, 1.82) is 0 Å². The summed E-state index contributed by atoms with van der Waals surface area (Å²) >= 11 is 5.02. The Morgan fingerprint density at radius 1 is 1.12 bits per heavy atom. The Morgan fingerprint density at radius 2 is 1.81 bits per heavy atom. The first kappa shape index (κ1) is 23.2. The number of hydrogen-bond donors (Lipinski definition) is 1. The van der Waals surface area contributed by atoms with Gasteiger partial charge >= 0.3 is 10.1 Å². The van der Waals surface area contributed by atoms with Crippen LogP contribution in [-0.2, 0) is 19.7 Å². The number of nitrogens with one attached hydrogen (secondary N) is 1. The molecule has 32 heavy (non-hydrogen) atoms. The molecule has 1 aliphatic heterocycles. The Labute approximate surface area is 191 Å². The average molecular weight is 473 g/mol. The first-order valence-electron chi connectivity index (χ1n) is 9.35. The zero-order chi connectivity index (χ0) is 23.5. The number of rotatable bonds is 7. The smallest absolute Gasteiger partial charge is 0.339 e. The molecule has 0 saturated carbocycles. The molecule has 3 rings (SSSR count). The zero-order valence-electron chi connectivity index (χ0n) is 17.3. The Kier molecular flexibility index (Phi) is 6.75. The second kappa shape index (κ2) is 9.33. The summed E-state index contributed by atoms with van der Waals surface area (Å²) in [6.45, 7) is 5.56. The fourth-order valence-corrected chi connectivity index (χ4v) is 4.06. The van der Waals surface area contributed by atoms with Crippen LogP contribution in [-0.4, -0.2) is 43.9 Å². The Balaban J connectivity index is 1.92. The molecule has 2 amide bonds. The van der Waals surface area contributed by atoms with Crippen molar-refractivity contribution in [2.45, 2.75) is 11.8 Å². The number of amides is 2. The number of aryl methyl sites for hydroxylation is 1. The van der Waals surface area contributed by atoms with Gasteiger partial charge in [-0.3, -0.25) is 19.8 Å². The lowest BCUT2D eigenvalue weighted by Gasteiger charge is -2.27. The number of benzene rings is 2. The second-order valence-electron chi connectivity index (χ2n) is 6.78. The molecule has 166 valence electrons. The minimum absolute atomic E-state index is 0.000286. The summed E-state index contributed by atoms with van der Waals surface area (Å²) in [4.78, 5) is 26.1. The Hall–Kier alpha value is -3.50. The molecular weight excluding hydrogens is 452 g/mol. The van der Waals surface area contributed by atoms with Gasteiger partial charge in [-0.25, -0.2) is 0 Å². The van der Waals surface area contributed by atoms with Crippen LogP contribution >= 0.6 is 12.2 Å². The van der Waals surface area contributed by atoms with E-state index in [2.05, 4.69) is 11.9 Å². The molecule has 0 aromatic heterocycles. The highest BCUT2D eigenvalue weighted by Crippen LogP contribution is 2.32. The Morgan fingerprint density at radius 3 is 2.44 bits per heavy atom. The molecule has 2 aromatic rings. The number of thiocarbonyl (C=S) groups is 1. The molecule has 0 unspecified atom stereocenters. The molecule has 10 heteroatoms. The van der Waals surface area contributed by atoms with E-state index < -0.39 is 21.9 Å². The lowest BCUT2D eigenvalue weighted by molar-refractivity contribution is -0.128. The molecule has 0 radical (unpaired) electrons. The van der Waals surface area contributed by atoms with E-state index in [-0.39, 0.29) is 33.6 Å². The van der Waals surface area contributed by atoms with E-state index in [1.165, 1.54) is 54.5 Å². The first-order valence-corrected chi connectivity index (χ1v) is 11.2. The average Bonchev–Trinajstić information content (AvgIpc) is 2.75. The molecule has 1 N–H and O–H groups in total. The minimum atomic E-state index is -4.08. The number of methoxy groups -OCH3 is 1. The highest BCUT2D eigenvalue weighted by atomic mass is 32.2. The monoisotopic (exact) mass is 472 g/mol. The number of hydrogen-bond acceptors (Lipinski definition) is 7. The summed E-state index contributed by atoms with van der Waals surface area (Å²) in [5, 5.41) is 2.45. The van der Waals surface area contributed by atoms with Crippen LogP contribution in [0.3, 0.4) is 0 Å². The molecule has 0 atom stereocenters. The van der Waals surface area contributed by atoms with E-state index in [0.717, 1.165) is 5.56 Å². The lowest BCUT2D eigenvalue weighted by Crippen LogP contribution is -2.53. The second-order valence-corrected chi connectivity index (χ2v) is 8.72. The van der Waals surface area contributed by atoms with E-state index >= 15 is 0 Å². The van der Waals surface area contributed by atoms with Crippen molar-refractivity contribution < 1.29 is 26.9 Å². The molecule has 0 bridgehead atoms. The van der Waals surface area contributed by atoms with E-state index in [4.69, 9.17) is 21.1 Å². The molecular formula is C22H20N2O6S2. The van der Waals surface area contributed by atoms with Crippen LogP contribution in [0.5, 0.6) is 11.5 Å². The van der Waals surface area contributed by atoms with Crippen molar-refractivity contribution in [2.75, 3.05) is 13.7 Å².